The van der Waals surface area contributed by atoms with Gasteiger partial charge in [-0.1, -0.05) is 23.2 Å². The topological polar surface area (TPSA) is 39.2 Å². The van der Waals surface area contributed by atoms with Crippen LogP contribution in [-0.4, -0.2) is 18.1 Å². The van der Waals surface area contributed by atoms with E-state index in [1.807, 2.05) is 6.92 Å². The molecule has 5 heteroatoms. The predicted molar refractivity (Wildman–Crippen MR) is 67.8 cm³/mol. The van der Waals surface area contributed by atoms with E-state index in [4.69, 9.17) is 23.2 Å². The fourth-order valence-electron chi connectivity index (χ4n) is 1.60. The zero-order valence-corrected chi connectivity index (χ0v) is 10.8. The van der Waals surface area contributed by atoms with E-state index >= 15 is 0 Å². The van der Waals surface area contributed by atoms with E-state index in [-0.39, 0.29) is 5.56 Å². The van der Waals surface area contributed by atoms with Gasteiger partial charge in [-0.05, 0) is 24.6 Å². The van der Waals surface area contributed by atoms with Crippen LogP contribution in [0.2, 0.25) is 10.0 Å². The first-order chi connectivity index (χ1) is 8.06. The second-order valence-corrected chi connectivity index (χ2v) is 4.33. The number of rotatable bonds is 1. The van der Waals surface area contributed by atoms with Gasteiger partial charge in [-0.3, -0.25) is 4.98 Å². The number of methoxy groups -OCH3 is 1. The molecule has 88 valence electrons. The molecular weight excluding hydrogens is 261 g/mol. The number of halogens is 2. The number of hydrogen-bond acceptors (Lipinski definition) is 3. The summed E-state index contributed by atoms with van der Waals surface area (Å²) >= 11 is 12.2. The number of carbonyl (C=O) groups excluding carboxylic acids is 1. The molecule has 1 aromatic carbocycles. The Morgan fingerprint density at radius 3 is 2.71 bits per heavy atom. The Hall–Kier alpha value is -1.32. The second-order valence-electron chi connectivity index (χ2n) is 3.55. The average molecular weight is 270 g/mol. The molecule has 0 radical (unpaired) electrons. The van der Waals surface area contributed by atoms with Crippen molar-refractivity contribution in [2.75, 3.05) is 7.11 Å². The summed E-state index contributed by atoms with van der Waals surface area (Å²) in [7, 11) is 1.30. The molecule has 3 nitrogen and oxygen atoms in total. The van der Waals surface area contributed by atoms with Gasteiger partial charge >= 0.3 is 5.97 Å². The standard InChI is InChI=1S/C12H9Cl2NO2/c1-6-9(13)4-3-7-10(14)8(12(16)17-2)5-15-11(6)7/h3-5H,1-2H3. The average Bonchev–Trinajstić information content (AvgIpc) is 2.33. The van der Waals surface area contributed by atoms with Crippen molar-refractivity contribution < 1.29 is 9.53 Å². The first kappa shape index (κ1) is 12.1. The van der Waals surface area contributed by atoms with Crippen molar-refractivity contribution in [2.45, 2.75) is 6.92 Å². The van der Waals surface area contributed by atoms with Gasteiger partial charge < -0.3 is 4.74 Å². The van der Waals surface area contributed by atoms with Crippen molar-refractivity contribution in [3.8, 4) is 0 Å². The highest BCUT2D eigenvalue weighted by Crippen LogP contribution is 2.30. The van der Waals surface area contributed by atoms with E-state index in [0.29, 0.717) is 20.9 Å². The molecule has 2 aromatic rings. The number of carbonyl (C=O) groups is 1. The summed E-state index contributed by atoms with van der Waals surface area (Å²) in [5, 5.41) is 1.64. The molecule has 0 saturated carbocycles. The molecule has 1 heterocycles. The minimum Gasteiger partial charge on any atom is -0.465 e. The number of fused-ring (bicyclic) bond motifs is 1. The molecule has 0 bridgehead atoms. The van der Waals surface area contributed by atoms with E-state index in [0.717, 1.165) is 5.56 Å². The van der Waals surface area contributed by atoms with Crippen LogP contribution in [0.25, 0.3) is 10.9 Å². The molecule has 0 fully saturated rings. The maximum Gasteiger partial charge on any atom is 0.340 e. The largest absolute Gasteiger partial charge is 0.465 e. The van der Waals surface area contributed by atoms with Crippen molar-refractivity contribution in [1.82, 2.24) is 4.98 Å². The lowest BCUT2D eigenvalue weighted by Crippen LogP contribution is -2.03. The van der Waals surface area contributed by atoms with Gasteiger partial charge in [0.15, 0.2) is 0 Å². The molecule has 1 aromatic heterocycles. The first-order valence-corrected chi connectivity index (χ1v) is 5.63. The smallest absolute Gasteiger partial charge is 0.340 e. The van der Waals surface area contributed by atoms with Crippen LogP contribution in [0.3, 0.4) is 0 Å². The summed E-state index contributed by atoms with van der Waals surface area (Å²) in [6, 6.07) is 3.47. The Bertz CT molecular complexity index is 611. The Morgan fingerprint density at radius 1 is 1.35 bits per heavy atom. The van der Waals surface area contributed by atoms with Gasteiger partial charge in [0.2, 0.25) is 0 Å². The molecule has 0 aliphatic carbocycles. The normalized spacial score (nSPS) is 10.6. The molecular formula is C12H9Cl2NO2. The molecule has 0 spiro atoms. The van der Waals surface area contributed by atoms with Crippen LogP contribution in [0, 0.1) is 6.92 Å². The molecule has 0 aliphatic rings. The Morgan fingerprint density at radius 2 is 2.06 bits per heavy atom. The second kappa shape index (κ2) is 4.51. The zero-order valence-electron chi connectivity index (χ0n) is 9.25. The molecule has 17 heavy (non-hydrogen) atoms. The van der Waals surface area contributed by atoms with Crippen LogP contribution >= 0.6 is 23.2 Å². The summed E-state index contributed by atoms with van der Waals surface area (Å²) in [5.41, 5.74) is 1.78. The molecule has 0 amide bonds. The van der Waals surface area contributed by atoms with Crippen molar-refractivity contribution in [1.29, 1.82) is 0 Å². The minimum absolute atomic E-state index is 0.253. The summed E-state index contributed by atoms with van der Waals surface area (Å²) in [4.78, 5) is 15.7. The van der Waals surface area contributed by atoms with Gasteiger partial charge in [0.1, 0.15) is 0 Å². The zero-order chi connectivity index (χ0) is 12.6. The summed E-state index contributed by atoms with van der Waals surface area (Å²) < 4.78 is 4.63. The van der Waals surface area contributed by atoms with Gasteiger partial charge in [0.25, 0.3) is 0 Å². The van der Waals surface area contributed by atoms with Crippen LogP contribution in [0.15, 0.2) is 18.3 Å². The number of benzene rings is 1. The van der Waals surface area contributed by atoms with E-state index < -0.39 is 5.97 Å². The predicted octanol–water partition coefficient (Wildman–Crippen LogP) is 3.64. The highest BCUT2D eigenvalue weighted by molar-refractivity contribution is 6.39. The fourth-order valence-corrected chi connectivity index (χ4v) is 2.03. The van der Waals surface area contributed by atoms with Gasteiger partial charge in [0.05, 0.1) is 23.2 Å². The maximum absolute atomic E-state index is 11.5. The minimum atomic E-state index is -0.503. The van der Waals surface area contributed by atoms with Crippen molar-refractivity contribution >= 4 is 40.1 Å². The number of aromatic nitrogens is 1. The first-order valence-electron chi connectivity index (χ1n) is 4.88. The van der Waals surface area contributed by atoms with Crippen molar-refractivity contribution in [2.24, 2.45) is 0 Å². The number of nitrogens with zero attached hydrogens (tertiary/aromatic N) is 1. The molecule has 0 saturated heterocycles. The molecule has 0 N–H and O–H groups in total. The SMILES string of the molecule is COC(=O)c1cnc2c(C)c(Cl)ccc2c1Cl. The van der Waals surface area contributed by atoms with Crippen LogP contribution in [0.5, 0.6) is 0 Å². The van der Waals surface area contributed by atoms with E-state index in [1.165, 1.54) is 13.3 Å². The Labute approximate surface area is 108 Å². The monoisotopic (exact) mass is 269 g/mol. The lowest BCUT2D eigenvalue weighted by atomic mass is 10.1. The van der Waals surface area contributed by atoms with Gasteiger partial charge in [0, 0.05) is 16.6 Å². The summed E-state index contributed by atoms with van der Waals surface area (Å²) in [6.45, 7) is 1.85. The third-order valence-corrected chi connectivity index (χ3v) is 3.38. The summed E-state index contributed by atoms with van der Waals surface area (Å²) in [6.07, 6.45) is 1.40. The molecule has 0 aliphatic heterocycles. The van der Waals surface area contributed by atoms with Crippen LogP contribution < -0.4 is 0 Å². The number of aryl methyl sites for hydroxylation is 1. The lowest BCUT2D eigenvalue weighted by Gasteiger charge is -2.08. The molecule has 0 atom stereocenters. The lowest BCUT2D eigenvalue weighted by molar-refractivity contribution is 0.0600. The van der Waals surface area contributed by atoms with Gasteiger partial charge in [-0.15, -0.1) is 0 Å². The van der Waals surface area contributed by atoms with E-state index in [2.05, 4.69) is 9.72 Å². The third kappa shape index (κ3) is 1.96. The van der Waals surface area contributed by atoms with Crippen molar-refractivity contribution in [3.05, 3.63) is 39.5 Å². The number of esters is 1. The highest BCUT2D eigenvalue weighted by atomic mass is 35.5. The van der Waals surface area contributed by atoms with Gasteiger partial charge in [-0.2, -0.15) is 0 Å². The quantitative estimate of drug-likeness (QED) is 0.742. The van der Waals surface area contributed by atoms with Gasteiger partial charge in [-0.25, -0.2) is 4.79 Å². The fraction of sp³-hybridized carbons (Fsp3) is 0.167. The van der Waals surface area contributed by atoms with Crippen molar-refractivity contribution in [3.63, 3.8) is 0 Å². The summed E-state index contributed by atoms with van der Waals surface area (Å²) in [5.74, 6) is -0.503. The van der Waals surface area contributed by atoms with Crippen LogP contribution in [-0.2, 0) is 4.74 Å². The van der Waals surface area contributed by atoms with Crippen LogP contribution in [0.1, 0.15) is 15.9 Å². The molecule has 2 rings (SSSR count). The number of hydrogen-bond donors (Lipinski definition) is 0. The number of pyridine rings is 1. The Kier molecular flexibility index (Phi) is 3.22. The third-order valence-electron chi connectivity index (χ3n) is 2.57. The number of ether oxygens (including phenoxy) is 1. The maximum atomic E-state index is 11.5. The van der Waals surface area contributed by atoms with Crippen LogP contribution in [0.4, 0.5) is 0 Å². The van der Waals surface area contributed by atoms with E-state index in [9.17, 15) is 4.79 Å². The highest BCUT2D eigenvalue weighted by Gasteiger charge is 2.15. The van der Waals surface area contributed by atoms with E-state index in [1.54, 1.807) is 12.1 Å². The molecule has 0 unspecified atom stereocenters. The Balaban J connectivity index is 2.77.